The maximum Gasteiger partial charge on any atom is 0.310 e. The average molecular weight is 594 g/mol. The first kappa shape index (κ1) is 31.3. The molecule has 3 aliphatic carbocycles. The van der Waals surface area contributed by atoms with E-state index in [4.69, 9.17) is 16.2 Å². The third kappa shape index (κ3) is 4.54. The molecule has 2 aromatic carbocycles. The number of fused-ring (bicyclic) bond motifs is 3. The molecule has 2 aromatic rings. The lowest BCUT2D eigenvalue weighted by molar-refractivity contribution is -0.185. The Morgan fingerprint density at radius 1 is 1.05 bits per heavy atom. The molecule has 43 heavy (non-hydrogen) atoms. The Balaban J connectivity index is 0.00000423. The first-order valence-corrected chi connectivity index (χ1v) is 13.2. The number of phenols is 1. The van der Waals surface area contributed by atoms with Gasteiger partial charge in [0, 0.05) is 17.2 Å². The number of ether oxygens (including phenoxy) is 1. The minimum Gasteiger partial charge on any atom is -0.508 e. The summed E-state index contributed by atoms with van der Waals surface area (Å²) in [6.07, 6.45) is -1.72. The number of ketones is 2. The number of hydrogen-bond acceptors (Lipinski definition) is 11. The molecule has 6 atom stereocenters. The Bertz CT molecular complexity index is 1590. The van der Waals surface area contributed by atoms with Gasteiger partial charge in [0.1, 0.15) is 28.9 Å². The van der Waals surface area contributed by atoms with Gasteiger partial charge in [-0.2, -0.15) is 0 Å². The van der Waals surface area contributed by atoms with Crippen LogP contribution in [-0.2, 0) is 30.3 Å². The Hall–Kier alpha value is -4.68. The highest BCUT2D eigenvalue weighted by atomic mass is 16.5. The number of primary amides is 1. The number of phenolic OH excluding ortho intramolecular Hbond substituents is 1. The number of aromatic hydroxyl groups is 1. The zero-order valence-corrected chi connectivity index (χ0v) is 23.1. The van der Waals surface area contributed by atoms with E-state index in [1.165, 1.54) is 25.1 Å². The number of nitrogen functional groups attached to an aromatic ring is 1. The number of rotatable bonds is 5. The van der Waals surface area contributed by atoms with Crippen molar-refractivity contribution in [2.75, 3.05) is 19.8 Å². The lowest BCUT2D eigenvalue weighted by Crippen LogP contribution is -2.71. The van der Waals surface area contributed by atoms with E-state index in [1.54, 1.807) is 43.3 Å². The molecule has 1 saturated carbocycles. The van der Waals surface area contributed by atoms with E-state index in [9.17, 15) is 39.6 Å². The van der Waals surface area contributed by atoms with Crippen molar-refractivity contribution in [1.29, 1.82) is 0 Å². The van der Waals surface area contributed by atoms with Crippen LogP contribution in [0.4, 0.5) is 5.69 Å². The first-order valence-electron chi connectivity index (χ1n) is 13.2. The monoisotopic (exact) mass is 593 g/mol. The Labute approximate surface area is 247 Å². The van der Waals surface area contributed by atoms with E-state index in [0.717, 1.165) is 0 Å². The topological polar surface area (TPSA) is 214 Å². The molecule has 1 fully saturated rings. The minimum absolute atomic E-state index is 0. The number of aliphatic hydroxyl groups is 3. The van der Waals surface area contributed by atoms with Gasteiger partial charge in [0.05, 0.1) is 23.9 Å². The minimum atomic E-state index is -3.00. The number of benzene rings is 2. The van der Waals surface area contributed by atoms with Crippen LogP contribution >= 0.6 is 0 Å². The van der Waals surface area contributed by atoms with Crippen molar-refractivity contribution in [3.05, 3.63) is 76.1 Å². The number of amides is 1. The molecule has 12 nitrogen and oxygen atoms in total. The highest BCUT2D eigenvalue weighted by molar-refractivity contribution is 6.24. The number of nitrogens with two attached hydrogens (primary N) is 2. The summed E-state index contributed by atoms with van der Waals surface area (Å²) in [5, 5.41) is 45.3. The Morgan fingerprint density at radius 3 is 2.26 bits per heavy atom. The van der Waals surface area contributed by atoms with E-state index < -0.39 is 81.6 Å². The number of likely N-dealkylation sites (N-methyl/N-ethyl adjacent to an activating group) is 1. The summed E-state index contributed by atoms with van der Waals surface area (Å²) in [6.45, 7) is 1.69. The van der Waals surface area contributed by atoms with Crippen LogP contribution in [0, 0.1) is 11.8 Å². The summed E-state index contributed by atoms with van der Waals surface area (Å²) in [5.41, 5.74) is 8.14. The maximum atomic E-state index is 14.2. The van der Waals surface area contributed by atoms with E-state index in [-0.39, 0.29) is 25.2 Å². The van der Waals surface area contributed by atoms with E-state index >= 15 is 0 Å². The summed E-state index contributed by atoms with van der Waals surface area (Å²) in [6, 6.07) is 9.48. The number of esters is 1. The van der Waals surface area contributed by atoms with Crippen LogP contribution in [0.25, 0.3) is 5.76 Å². The van der Waals surface area contributed by atoms with Gasteiger partial charge in [-0.05, 0) is 49.3 Å². The predicted molar refractivity (Wildman–Crippen MR) is 156 cm³/mol. The van der Waals surface area contributed by atoms with Crippen LogP contribution in [0.15, 0.2) is 59.4 Å². The number of carbonyl (C=O) groups excluding carboxylic acids is 4. The van der Waals surface area contributed by atoms with Crippen LogP contribution in [-0.4, -0.2) is 80.6 Å². The van der Waals surface area contributed by atoms with Crippen molar-refractivity contribution in [3.8, 4) is 5.75 Å². The van der Waals surface area contributed by atoms with Crippen molar-refractivity contribution in [1.82, 2.24) is 4.90 Å². The van der Waals surface area contributed by atoms with Gasteiger partial charge in [-0.25, -0.2) is 0 Å². The fraction of sp³-hybridized carbons (Fsp3) is 0.355. The van der Waals surface area contributed by atoms with Crippen LogP contribution in [0.3, 0.4) is 0 Å². The lowest BCUT2D eigenvalue weighted by atomic mass is 9.54. The second-order valence-corrected chi connectivity index (χ2v) is 11.2. The van der Waals surface area contributed by atoms with Crippen LogP contribution < -0.4 is 11.5 Å². The molecular weight excluding hydrogens is 558 g/mol. The van der Waals surface area contributed by atoms with Gasteiger partial charge in [0.25, 0.3) is 5.91 Å². The Morgan fingerprint density at radius 2 is 1.67 bits per heavy atom. The second-order valence-electron chi connectivity index (χ2n) is 11.2. The fourth-order valence-electron chi connectivity index (χ4n) is 6.68. The molecule has 1 amide bonds. The van der Waals surface area contributed by atoms with Gasteiger partial charge in [-0.1, -0.05) is 38.6 Å². The van der Waals surface area contributed by atoms with Gasteiger partial charge in [0.2, 0.25) is 5.78 Å². The number of carbonyl (C=O) groups is 4. The van der Waals surface area contributed by atoms with Crippen molar-refractivity contribution in [2.45, 2.75) is 44.4 Å². The van der Waals surface area contributed by atoms with Crippen molar-refractivity contribution < 1.29 is 44.3 Å². The largest absolute Gasteiger partial charge is 0.508 e. The molecule has 0 saturated heterocycles. The Kier molecular flexibility index (Phi) is 7.90. The normalized spacial score (nSPS) is 28.1. The highest BCUT2D eigenvalue weighted by Crippen LogP contribution is 2.56. The van der Waals surface area contributed by atoms with Gasteiger partial charge in [-0.15, -0.1) is 0 Å². The number of Topliss-reactive ketones (excluding diaryl/α,β-unsaturated/α-hetero) is 2. The van der Waals surface area contributed by atoms with E-state index in [1.807, 2.05) is 0 Å². The van der Waals surface area contributed by atoms with Crippen molar-refractivity contribution in [3.63, 3.8) is 0 Å². The van der Waals surface area contributed by atoms with Gasteiger partial charge in [-0.3, -0.25) is 24.1 Å². The molecule has 0 radical (unpaired) electrons. The second kappa shape index (κ2) is 10.9. The van der Waals surface area contributed by atoms with Crippen molar-refractivity contribution in [2.24, 2.45) is 17.6 Å². The van der Waals surface area contributed by atoms with Crippen molar-refractivity contribution >= 4 is 34.9 Å². The average Bonchev–Trinajstić information content (AvgIpc) is 2.91. The molecule has 0 aromatic heterocycles. The SMILES string of the molecule is C.C[C@H]1c2cccc(O)c2C(O)=C2C(=O)[C@]3(O)C(O)=C(C(N)=O)C(=O)[C@@H](N(C)C)[C@@H]3[C@@H](OC(=O)Cc3ccc(N)cc3)[C@@H]21. The first-order chi connectivity index (χ1) is 19.7. The molecule has 8 N–H and O–H groups in total. The molecule has 0 spiro atoms. The van der Waals surface area contributed by atoms with Crippen LogP contribution in [0.5, 0.6) is 5.75 Å². The zero-order valence-electron chi connectivity index (χ0n) is 23.1. The van der Waals surface area contributed by atoms with Gasteiger partial charge in [0.15, 0.2) is 11.4 Å². The van der Waals surface area contributed by atoms with E-state index in [0.29, 0.717) is 16.8 Å². The van der Waals surface area contributed by atoms with Gasteiger partial charge < -0.3 is 36.6 Å². The molecule has 0 bridgehead atoms. The lowest BCUT2D eigenvalue weighted by Gasteiger charge is -2.54. The number of nitrogens with zero attached hydrogens (tertiary/aromatic N) is 1. The van der Waals surface area contributed by atoms with Crippen LogP contribution in [0.1, 0.15) is 37.0 Å². The highest BCUT2D eigenvalue weighted by Gasteiger charge is 2.69. The smallest absolute Gasteiger partial charge is 0.310 e. The van der Waals surface area contributed by atoms with E-state index in [2.05, 4.69) is 0 Å². The van der Waals surface area contributed by atoms with Crippen LogP contribution in [0.2, 0.25) is 0 Å². The van der Waals surface area contributed by atoms with Gasteiger partial charge >= 0.3 is 5.97 Å². The number of anilines is 1. The third-order valence-electron chi connectivity index (χ3n) is 8.56. The zero-order chi connectivity index (χ0) is 30.8. The third-order valence-corrected chi connectivity index (χ3v) is 8.56. The standard InChI is InChI=1S/C30H31N3O9.CH4/c1-12-15-5-4-6-16(34)19(15)24(36)20-18(12)26(42-17(35)11-13-7-9-14(31)10-8-13)22-23(33(2)3)25(37)21(29(32)40)28(39)30(22,41)27(20)38;/h4-10,12,18,22-23,26,34,36,39,41H,11,31H2,1-3H3,(H2,32,40);1H4/t12-,18+,22+,23-,26-,30-;/m0./s1. The molecule has 12 heteroatoms. The number of hydrogen-bond donors (Lipinski definition) is 6. The molecule has 3 aliphatic rings. The molecule has 0 aliphatic heterocycles. The molecule has 0 heterocycles. The summed E-state index contributed by atoms with van der Waals surface area (Å²) >= 11 is 0. The predicted octanol–water partition coefficient (Wildman–Crippen LogP) is 1.51. The fourth-order valence-corrected chi connectivity index (χ4v) is 6.68. The summed E-state index contributed by atoms with van der Waals surface area (Å²) < 4.78 is 6.00. The molecule has 0 unspecified atom stereocenters. The molecular formula is C31H35N3O9. The number of aliphatic hydroxyl groups excluding tert-OH is 2. The molecule has 228 valence electrons. The maximum absolute atomic E-state index is 14.2. The quantitative estimate of drug-likeness (QED) is 0.166. The summed E-state index contributed by atoms with van der Waals surface area (Å²) in [4.78, 5) is 54.9. The molecule has 5 rings (SSSR count). The summed E-state index contributed by atoms with van der Waals surface area (Å²) in [5.74, 6) is -10.1. The summed E-state index contributed by atoms with van der Waals surface area (Å²) in [7, 11) is 2.92.